The smallest absolute Gasteiger partial charge is 0.233 e. The molecule has 1 aliphatic heterocycles. The van der Waals surface area contributed by atoms with Crippen LogP contribution in [0.15, 0.2) is 29.4 Å². The van der Waals surface area contributed by atoms with Crippen molar-refractivity contribution in [3.05, 3.63) is 35.9 Å². The van der Waals surface area contributed by atoms with E-state index in [1.165, 1.54) is 16.8 Å². The average Bonchev–Trinajstić information content (AvgIpc) is 3.27. The van der Waals surface area contributed by atoms with E-state index in [2.05, 4.69) is 10.2 Å². The van der Waals surface area contributed by atoms with Crippen LogP contribution in [0.25, 0.3) is 0 Å². The summed E-state index contributed by atoms with van der Waals surface area (Å²) >= 11 is 1.11. The van der Waals surface area contributed by atoms with Gasteiger partial charge in [0, 0.05) is 12.1 Å². The molecule has 3 rings (SSSR count). The van der Waals surface area contributed by atoms with Crippen LogP contribution in [0.2, 0.25) is 0 Å². The van der Waals surface area contributed by atoms with Gasteiger partial charge in [-0.1, -0.05) is 30.8 Å². The summed E-state index contributed by atoms with van der Waals surface area (Å²) in [6.45, 7) is 3.79. The molecule has 1 fully saturated rings. The number of nitrogen functional groups attached to an aromatic ring is 1. The van der Waals surface area contributed by atoms with Crippen molar-refractivity contribution < 1.29 is 22.3 Å². The van der Waals surface area contributed by atoms with Crippen LogP contribution < -0.4 is 10.6 Å². The van der Waals surface area contributed by atoms with Gasteiger partial charge in [-0.2, -0.15) is 0 Å². The molecule has 12 heteroatoms. The van der Waals surface area contributed by atoms with Crippen LogP contribution in [0.1, 0.15) is 32.5 Å². The number of aromatic nitrogens is 3. The fraction of sp³-hybridized carbons (Fsp3) is 0.526. The van der Waals surface area contributed by atoms with Crippen molar-refractivity contribution in [2.75, 3.05) is 23.1 Å². The van der Waals surface area contributed by atoms with E-state index in [9.17, 15) is 17.6 Å². The Morgan fingerprint density at radius 3 is 2.81 bits per heavy atom. The predicted molar refractivity (Wildman–Crippen MR) is 115 cm³/mol. The summed E-state index contributed by atoms with van der Waals surface area (Å²) in [6, 6.07) is 5.60. The second-order valence-corrected chi connectivity index (χ2v) is 10.6. The summed E-state index contributed by atoms with van der Waals surface area (Å²) in [5.41, 5.74) is 0. The quantitative estimate of drug-likeness (QED) is 0.433. The molecule has 1 amide bonds. The van der Waals surface area contributed by atoms with Crippen LogP contribution in [0.3, 0.4) is 0 Å². The number of hydrogen-bond acceptors (Lipinski definition) is 8. The molecule has 1 aliphatic rings. The highest BCUT2D eigenvalue weighted by molar-refractivity contribution is 7.99. The van der Waals surface area contributed by atoms with Gasteiger partial charge in [0.1, 0.15) is 6.61 Å². The molecule has 170 valence electrons. The molecule has 2 heterocycles. The molecule has 0 unspecified atom stereocenters. The van der Waals surface area contributed by atoms with Gasteiger partial charge < -0.3 is 15.5 Å². The van der Waals surface area contributed by atoms with Crippen molar-refractivity contribution in [3.63, 3.8) is 0 Å². The Hall–Kier alpha value is -2.34. The van der Waals surface area contributed by atoms with E-state index in [0.29, 0.717) is 11.6 Å². The van der Waals surface area contributed by atoms with E-state index >= 15 is 0 Å². The molecular weight excluding hydrogens is 445 g/mol. The van der Waals surface area contributed by atoms with Crippen molar-refractivity contribution in [1.82, 2.24) is 19.8 Å². The number of halogens is 1. The van der Waals surface area contributed by atoms with Gasteiger partial charge in [0.15, 0.2) is 27.2 Å². The number of nitrogens with zero attached hydrogens (tertiary/aromatic N) is 4. The van der Waals surface area contributed by atoms with Crippen molar-refractivity contribution >= 4 is 27.5 Å². The monoisotopic (exact) mass is 471 g/mol. The Labute approximate surface area is 185 Å². The Bertz CT molecular complexity index is 1030. The molecule has 0 radical (unpaired) electrons. The molecule has 2 aromatic rings. The molecule has 9 nitrogen and oxygen atoms in total. The summed E-state index contributed by atoms with van der Waals surface area (Å²) in [6.07, 6.45) is 1.17. The molecule has 1 saturated heterocycles. The van der Waals surface area contributed by atoms with Crippen LogP contribution in [0.5, 0.6) is 5.75 Å². The summed E-state index contributed by atoms with van der Waals surface area (Å²) in [5.74, 6) is 5.84. The number of carbonyl (C=O) groups excluding carboxylic acids is 1. The zero-order valence-electron chi connectivity index (χ0n) is 17.4. The van der Waals surface area contributed by atoms with Gasteiger partial charge in [-0.3, -0.25) is 4.79 Å². The van der Waals surface area contributed by atoms with Crippen molar-refractivity contribution in [1.29, 1.82) is 0 Å². The fourth-order valence-corrected chi connectivity index (χ4v) is 5.87. The first-order chi connectivity index (χ1) is 14.7. The topological polar surface area (TPSA) is 120 Å². The van der Waals surface area contributed by atoms with Crippen molar-refractivity contribution in [2.45, 2.75) is 50.5 Å². The first-order valence-electron chi connectivity index (χ1n) is 9.93. The molecule has 1 aromatic heterocycles. The highest BCUT2D eigenvalue weighted by Crippen LogP contribution is 2.24. The second-order valence-electron chi connectivity index (χ2n) is 7.39. The third-order valence-electron chi connectivity index (χ3n) is 5.21. The Kier molecular flexibility index (Phi) is 7.42. The number of amides is 1. The number of rotatable bonds is 9. The van der Waals surface area contributed by atoms with Crippen molar-refractivity contribution in [3.8, 4) is 5.75 Å². The number of thioether (sulfide) groups is 1. The number of hydrogen-bond donors (Lipinski definition) is 1. The summed E-state index contributed by atoms with van der Waals surface area (Å²) in [5, 5.41) is 8.23. The standard InChI is InChI=1S/C19H26FN5O4S2/c1-3-13(2)24(14-8-9-31(27,28)12-14)18(26)11-30-19-23-22-17(25(19)21)10-29-16-7-5-4-6-15(16)20/h4-7,13-14H,3,8-12,21H2,1-2H3/t13-,14+/m1/s1. The maximum absolute atomic E-state index is 13.7. The molecule has 2 N–H and O–H groups in total. The summed E-state index contributed by atoms with van der Waals surface area (Å²) in [7, 11) is -3.11. The highest BCUT2D eigenvalue weighted by atomic mass is 32.2. The van der Waals surface area contributed by atoms with Crippen LogP contribution in [-0.2, 0) is 21.2 Å². The number of carbonyl (C=O) groups is 1. The van der Waals surface area contributed by atoms with Crippen LogP contribution in [0.4, 0.5) is 4.39 Å². The molecule has 1 aromatic carbocycles. The van der Waals surface area contributed by atoms with Gasteiger partial charge >= 0.3 is 0 Å². The SMILES string of the molecule is CC[C@@H](C)N(C(=O)CSc1nnc(COc2ccccc2F)n1N)[C@H]1CCS(=O)(=O)C1. The first-order valence-corrected chi connectivity index (χ1v) is 12.7. The van der Waals surface area contributed by atoms with Crippen molar-refractivity contribution in [2.24, 2.45) is 0 Å². The lowest BCUT2D eigenvalue weighted by Crippen LogP contribution is -2.47. The van der Waals surface area contributed by atoms with Gasteiger partial charge in [-0.05, 0) is 31.9 Å². The summed E-state index contributed by atoms with van der Waals surface area (Å²) in [4.78, 5) is 14.6. The molecule has 31 heavy (non-hydrogen) atoms. The molecule has 0 aliphatic carbocycles. The summed E-state index contributed by atoms with van der Waals surface area (Å²) < 4.78 is 44.0. The van der Waals surface area contributed by atoms with E-state index in [1.54, 1.807) is 17.0 Å². The second kappa shape index (κ2) is 9.86. The lowest BCUT2D eigenvalue weighted by molar-refractivity contribution is -0.132. The van der Waals surface area contributed by atoms with Crippen LogP contribution in [-0.4, -0.2) is 63.4 Å². The zero-order valence-corrected chi connectivity index (χ0v) is 19.0. The van der Waals surface area contributed by atoms with Gasteiger partial charge in [-0.15, -0.1) is 10.2 Å². The van der Waals surface area contributed by atoms with Gasteiger partial charge in [0.05, 0.1) is 17.3 Å². The third kappa shape index (κ3) is 5.67. The molecule has 2 atom stereocenters. The number of benzene rings is 1. The molecular formula is C19H26FN5O4S2. The minimum absolute atomic E-state index is 0.00164. The minimum Gasteiger partial charge on any atom is -0.482 e. The first kappa shape index (κ1) is 23.3. The fourth-order valence-electron chi connectivity index (χ4n) is 3.41. The van der Waals surface area contributed by atoms with Gasteiger partial charge in [-0.25, -0.2) is 17.5 Å². The lowest BCUT2D eigenvalue weighted by Gasteiger charge is -2.33. The maximum atomic E-state index is 13.7. The Morgan fingerprint density at radius 1 is 1.42 bits per heavy atom. The van der Waals surface area contributed by atoms with Gasteiger partial charge in [0.25, 0.3) is 0 Å². The van der Waals surface area contributed by atoms with Crippen LogP contribution >= 0.6 is 11.8 Å². The van der Waals surface area contributed by atoms with E-state index < -0.39 is 15.7 Å². The van der Waals surface area contributed by atoms with E-state index in [4.69, 9.17) is 10.6 Å². The molecule has 0 saturated carbocycles. The number of ether oxygens (including phenoxy) is 1. The maximum Gasteiger partial charge on any atom is 0.233 e. The predicted octanol–water partition coefficient (Wildman–Crippen LogP) is 1.62. The van der Waals surface area contributed by atoms with Gasteiger partial charge in [0.2, 0.25) is 11.1 Å². The molecule has 0 spiro atoms. The minimum atomic E-state index is -3.11. The number of nitrogens with two attached hydrogens (primary N) is 1. The van der Waals surface area contributed by atoms with E-state index in [-0.39, 0.29) is 53.4 Å². The number of para-hydroxylation sites is 1. The normalized spacial score (nSPS) is 18.6. The molecule has 0 bridgehead atoms. The largest absolute Gasteiger partial charge is 0.482 e. The highest BCUT2D eigenvalue weighted by Gasteiger charge is 2.36. The van der Waals surface area contributed by atoms with E-state index in [0.717, 1.165) is 18.2 Å². The Morgan fingerprint density at radius 2 is 2.16 bits per heavy atom. The lowest BCUT2D eigenvalue weighted by atomic mass is 10.1. The van der Waals surface area contributed by atoms with Crippen LogP contribution in [0, 0.1) is 5.82 Å². The zero-order chi connectivity index (χ0) is 22.6. The average molecular weight is 472 g/mol. The van der Waals surface area contributed by atoms with E-state index in [1.807, 2.05) is 13.8 Å². The number of sulfone groups is 1. The Balaban J connectivity index is 1.62. The third-order valence-corrected chi connectivity index (χ3v) is 7.89.